The van der Waals surface area contributed by atoms with Gasteiger partial charge in [-0.3, -0.25) is 4.99 Å². The molecule has 0 atom stereocenters. The molecule has 0 saturated heterocycles. The third-order valence-electron chi connectivity index (χ3n) is 4.09. The van der Waals surface area contributed by atoms with E-state index in [4.69, 9.17) is 16.7 Å². The van der Waals surface area contributed by atoms with E-state index in [1.54, 1.807) is 18.3 Å². The molecular formula is C20H16ClFN2O2. The summed E-state index contributed by atoms with van der Waals surface area (Å²) in [5, 5.41) is 9.46. The Morgan fingerprint density at radius 1 is 1.15 bits per heavy atom. The van der Waals surface area contributed by atoms with Gasteiger partial charge in [0, 0.05) is 28.9 Å². The Kier molecular flexibility index (Phi) is 4.91. The highest BCUT2D eigenvalue weighted by Gasteiger charge is 2.10. The van der Waals surface area contributed by atoms with Crippen molar-refractivity contribution in [2.24, 2.45) is 4.99 Å². The van der Waals surface area contributed by atoms with Crippen LogP contribution in [0, 0.1) is 19.7 Å². The van der Waals surface area contributed by atoms with Gasteiger partial charge in [-0.15, -0.1) is 0 Å². The normalized spacial score (nSPS) is 11.2. The van der Waals surface area contributed by atoms with Crippen LogP contribution in [0.1, 0.15) is 27.3 Å². The van der Waals surface area contributed by atoms with Crippen molar-refractivity contribution in [1.82, 2.24) is 4.57 Å². The van der Waals surface area contributed by atoms with E-state index in [1.807, 2.05) is 24.5 Å². The average Bonchev–Trinajstić information content (AvgIpc) is 2.89. The summed E-state index contributed by atoms with van der Waals surface area (Å²) in [4.78, 5) is 15.4. The molecule has 3 aromatic rings. The number of hydrogen-bond donors (Lipinski definition) is 1. The van der Waals surface area contributed by atoms with Crippen LogP contribution in [0.25, 0.3) is 5.69 Å². The number of nitrogens with zero attached hydrogens (tertiary/aromatic N) is 2. The van der Waals surface area contributed by atoms with Crippen LogP contribution in [0.4, 0.5) is 10.1 Å². The van der Waals surface area contributed by atoms with Crippen LogP contribution in [0.5, 0.6) is 0 Å². The van der Waals surface area contributed by atoms with Gasteiger partial charge in [0.2, 0.25) is 0 Å². The smallest absolute Gasteiger partial charge is 0.335 e. The number of carboxylic acid groups (broad SMARTS) is 1. The number of aliphatic imine (C=N–C) groups is 1. The molecule has 0 radical (unpaired) electrons. The Bertz CT molecular complexity index is 1010. The molecule has 2 aromatic carbocycles. The first-order valence-electron chi connectivity index (χ1n) is 7.88. The number of carbonyl (C=O) groups is 1. The van der Waals surface area contributed by atoms with Gasteiger partial charge in [-0.25, -0.2) is 9.18 Å². The van der Waals surface area contributed by atoms with Crippen LogP contribution in [-0.2, 0) is 0 Å². The van der Waals surface area contributed by atoms with Gasteiger partial charge in [0.05, 0.1) is 16.3 Å². The number of halogens is 2. The van der Waals surface area contributed by atoms with Gasteiger partial charge in [0.15, 0.2) is 0 Å². The lowest BCUT2D eigenvalue weighted by molar-refractivity contribution is 0.0697. The minimum atomic E-state index is -1.03. The Morgan fingerprint density at radius 2 is 1.85 bits per heavy atom. The number of aryl methyl sites for hydroxylation is 1. The molecule has 26 heavy (non-hydrogen) atoms. The second-order valence-corrected chi connectivity index (χ2v) is 6.28. The van der Waals surface area contributed by atoms with E-state index in [0.717, 1.165) is 22.6 Å². The summed E-state index contributed by atoms with van der Waals surface area (Å²) in [5.41, 5.74) is 4.14. The van der Waals surface area contributed by atoms with Crippen LogP contribution >= 0.6 is 11.6 Å². The molecule has 132 valence electrons. The molecule has 3 rings (SSSR count). The SMILES string of the molecule is Cc1cc(C=Nc2cc(C(=O)O)ccc2Cl)c(C)n1-c1ccc(F)cc1. The zero-order chi connectivity index (χ0) is 18.8. The molecule has 0 saturated carbocycles. The minimum absolute atomic E-state index is 0.123. The third kappa shape index (κ3) is 3.53. The zero-order valence-corrected chi connectivity index (χ0v) is 15.0. The molecule has 0 aliphatic rings. The number of aromatic carboxylic acids is 1. The van der Waals surface area contributed by atoms with Crippen molar-refractivity contribution in [3.05, 3.63) is 81.9 Å². The monoisotopic (exact) mass is 370 g/mol. The van der Waals surface area contributed by atoms with E-state index >= 15 is 0 Å². The van der Waals surface area contributed by atoms with Gasteiger partial charge in [-0.05, 0) is 62.4 Å². The fourth-order valence-electron chi connectivity index (χ4n) is 2.79. The van der Waals surface area contributed by atoms with Gasteiger partial charge in [-0.1, -0.05) is 11.6 Å². The molecule has 0 unspecified atom stereocenters. The zero-order valence-electron chi connectivity index (χ0n) is 14.2. The van der Waals surface area contributed by atoms with Crippen LogP contribution in [-0.4, -0.2) is 21.9 Å². The quantitative estimate of drug-likeness (QED) is 0.630. The fraction of sp³-hybridized carbons (Fsp3) is 0.100. The summed E-state index contributed by atoms with van der Waals surface area (Å²) in [5.74, 6) is -1.32. The molecule has 6 heteroatoms. The maximum Gasteiger partial charge on any atom is 0.335 e. The van der Waals surface area contributed by atoms with Crippen LogP contribution in [0.15, 0.2) is 53.5 Å². The summed E-state index contributed by atoms with van der Waals surface area (Å²) in [7, 11) is 0. The number of benzene rings is 2. The lowest BCUT2D eigenvalue weighted by Gasteiger charge is -2.09. The van der Waals surface area contributed by atoms with E-state index in [9.17, 15) is 9.18 Å². The Morgan fingerprint density at radius 3 is 2.50 bits per heavy atom. The lowest BCUT2D eigenvalue weighted by atomic mass is 10.2. The molecule has 1 N–H and O–H groups in total. The van der Waals surface area contributed by atoms with E-state index in [0.29, 0.717) is 10.7 Å². The number of carboxylic acids is 1. The van der Waals surface area contributed by atoms with Crippen LogP contribution in [0.2, 0.25) is 5.02 Å². The van der Waals surface area contributed by atoms with E-state index in [1.165, 1.54) is 30.3 Å². The number of aromatic nitrogens is 1. The topological polar surface area (TPSA) is 54.6 Å². The second kappa shape index (κ2) is 7.14. The Balaban J connectivity index is 1.98. The van der Waals surface area contributed by atoms with Gasteiger partial charge in [0.1, 0.15) is 5.82 Å². The summed E-state index contributed by atoms with van der Waals surface area (Å²) >= 11 is 6.11. The van der Waals surface area contributed by atoms with E-state index < -0.39 is 5.97 Å². The van der Waals surface area contributed by atoms with Crippen molar-refractivity contribution in [2.45, 2.75) is 13.8 Å². The van der Waals surface area contributed by atoms with Crippen molar-refractivity contribution in [3.8, 4) is 5.69 Å². The Labute approximate surface area is 155 Å². The van der Waals surface area contributed by atoms with Crippen LogP contribution in [0.3, 0.4) is 0 Å². The molecule has 0 fully saturated rings. The molecule has 4 nitrogen and oxygen atoms in total. The first-order chi connectivity index (χ1) is 12.4. The largest absolute Gasteiger partial charge is 0.478 e. The van der Waals surface area contributed by atoms with E-state index in [-0.39, 0.29) is 11.4 Å². The third-order valence-corrected chi connectivity index (χ3v) is 4.41. The van der Waals surface area contributed by atoms with Crippen molar-refractivity contribution < 1.29 is 14.3 Å². The molecule has 0 amide bonds. The molecule has 0 spiro atoms. The molecule has 1 heterocycles. The van der Waals surface area contributed by atoms with Crippen LogP contribution < -0.4 is 0 Å². The van der Waals surface area contributed by atoms with Crippen molar-refractivity contribution >= 4 is 29.5 Å². The van der Waals surface area contributed by atoms with Crippen molar-refractivity contribution in [1.29, 1.82) is 0 Å². The Hall–Kier alpha value is -2.92. The summed E-state index contributed by atoms with van der Waals surface area (Å²) < 4.78 is 15.2. The highest BCUT2D eigenvalue weighted by molar-refractivity contribution is 6.33. The second-order valence-electron chi connectivity index (χ2n) is 5.87. The van der Waals surface area contributed by atoms with Gasteiger partial charge >= 0.3 is 5.97 Å². The molecule has 0 bridgehead atoms. The maximum atomic E-state index is 13.2. The van der Waals surface area contributed by atoms with E-state index in [2.05, 4.69) is 4.99 Å². The summed E-state index contributed by atoms with van der Waals surface area (Å²) in [6.45, 7) is 3.89. The first-order valence-corrected chi connectivity index (χ1v) is 8.26. The van der Waals surface area contributed by atoms with Crippen molar-refractivity contribution in [2.75, 3.05) is 0 Å². The summed E-state index contributed by atoms with van der Waals surface area (Å²) in [6, 6.07) is 12.6. The molecule has 0 aliphatic carbocycles. The van der Waals surface area contributed by atoms with Crippen molar-refractivity contribution in [3.63, 3.8) is 0 Å². The average molecular weight is 371 g/mol. The molecule has 1 aromatic heterocycles. The predicted molar refractivity (Wildman–Crippen MR) is 101 cm³/mol. The molecule has 0 aliphatic heterocycles. The number of rotatable bonds is 4. The summed E-state index contributed by atoms with van der Waals surface area (Å²) in [6.07, 6.45) is 1.65. The highest BCUT2D eigenvalue weighted by Crippen LogP contribution is 2.27. The lowest BCUT2D eigenvalue weighted by Crippen LogP contribution is -1.99. The molecular weight excluding hydrogens is 355 g/mol. The standard InChI is InChI=1S/C20H16ClFN2O2/c1-12-9-15(13(2)24(12)17-6-4-16(22)5-7-17)11-23-19-10-14(20(25)26)3-8-18(19)21/h3-11H,1-2H3,(H,25,26). The highest BCUT2D eigenvalue weighted by atomic mass is 35.5. The van der Waals surface area contributed by atoms with Gasteiger partial charge in [-0.2, -0.15) is 0 Å². The first kappa shape index (κ1) is 17.9. The van der Waals surface area contributed by atoms with Gasteiger partial charge < -0.3 is 9.67 Å². The maximum absolute atomic E-state index is 13.2. The number of hydrogen-bond acceptors (Lipinski definition) is 2. The minimum Gasteiger partial charge on any atom is -0.478 e. The van der Waals surface area contributed by atoms with Gasteiger partial charge in [0.25, 0.3) is 0 Å². The fourth-order valence-corrected chi connectivity index (χ4v) is 2.96. The predicted octanol–water partition coefficient (Wildman–Crippen LogP) is 5.34.